The van der Waals surface area contributed by atoms with Crippen LogP contribution in [0.4, 0.5) is 5.82 Å². The molecule has 2 aromatic rings. The number of rotatable bonds is 4. The average molecular weight is 275 g/mol. The Morgan fingerprint density at radius 3 is 3.10 bits per heavy atom. The molecule has 2 aromatic heterocycles. The molecule has 6 heteroatoms. The maximum atomic E-state index is 6.10. The van der Waals surface area contributed by atoms with Crippen molar-refractivity contribution in [2.24, 2.45) is 0 Å². The highest BCUT2D eigenvalue weighted by Crippen LogP contribution is 2.31. The molecule has 0 aromatic carbocycles. The van der Waals surface area contributed by atoms with E-state index in [1.807, 2.05) is 12.3 Å². The number of hydrogen-bond acceptors (Lipinski definition) is 5. The van der Waals surface area contributed by atoms with Crippen LogP contribution in [0.2, 0.25) is 0 Å². The summed E-state index contributed by atoms with van der Waals surface area (Å²) in [6.07, 6.45) is 5.85. The van der Waals surface area contributed by atoms with Gasteiger partial charge in [-0.2, -0.15) is 0 Å². The number of aromatic nitrogens is 3. The highest BCUT2D eigenvalue weighted by atomic mass is 16.5. The van der Waals surface area contributed by atoms with Crippen LogP contribution in [0, 0.1) is 0 Å². The van der Waals surface area contributed by atoms with Gasteiger partial charge in [0.1, 0.15) is 24.0 Å². The van der Waals surface area contributed by atoms with E-state index >= 15 is 0 Å². The third-order valence-corrected chi connectivity index (χ3v) is 3.69. The van der Waals surface area contributed by atoms with E-state index in [-0.39, 0.29) is 12.3 Å². The van der Waals surface area contributed by atoms with Gasteiger partial charge in [-0.15, -0.1) is 0 Å². The average Bonchev–Trinajstić information content (AvgIpc) is 3.02. The molecule has 3 N–H and O–H groups in total. The molecule has 0 radical (unpaired) electrons. The monoisotopic (exact) mass is 275 g/mol. The van der Waals surface area contributed by atoms with Crippen molar-refractivity contribution in [3.63, 3.8) is 0 Å². The van der Waals surface area contributed by atoms with Gasteiger partial charge in [-0.05, 0) is 18.9 Å². The maximum Gasteiger partial charge on any atom is 0.147 e. The zero-order valence-electron chi connectivity index (χ0n) is 11.9. The van der Waals surface area contributed by atoms with Crippen LogP contribution in [0.1, 0.15) is 32.9 Å². The lowest BCUT2D eigenvalue weighted by Crippen LogP contribution is -2.31. The largest absolute Gasteiger partial charge is 0.383 e. The summed E-state index contributed by atoms with van der Waals surface area (Å²) in [5.74, 6) is 0.518. The number of nitrogens with one attached hydrogen (secondary N) is 1. The maximum absolute atomic E-state index is 6.10. The SMILES string of the molecule is CC(C)NCC1CCC(n2ccc3c(N)ncnc32)O1. The Hall–Kier alpha value is -1.66. The summed E-state index contributed by atoms with van der Waals surface area (Å²) in [7, 11) is 0. The molecule has 1 saturated heterocycles. The first-order chi connectivity index (χ1) is 9.65. The number of nitrogens with zero attached hydrogens (tertiary/aromatic N) is 3. The highest BCUT2D eigenvalue weighted by molar-refractivity contribution is 5.86. The fraction of sp³-hybridized carbons (Fsp3) is 0.571. The molecule has 6 nitrogen and oxygen atoms in total. The van der Waals surface area contributed by atoms with E-state index in [0.29, 0.717) is 11.9 Å². The van der Waals surface area contributed by atoms with Crippen LogP contribution >= 0.6 is 0 Å². The minimum absolute atomic E-state index is 0.0424. The summed E-state index contributed by atoms with van der Waals surface area (Å²) < 4.78 is 8.16. The molecule has 0 bridgehead atoms. The van der Waals surface area contributed by atoms with E-state index in [2.05, 4.69) is 33.7 Å². The zero-order chi connectivity index (χ0) is 14.1. The number of ether oxygens (including phenoxy) is 1. The molecule has 20 heavy (non-hydrogen) atoms. The second-order valence-corrected chi connectivity index (χ2v) is 5.57. The smallest absolute Gasteiger partial charge is 0.147 e. The van der Waals surface area contributed by atoms with Gasteiger partial charge >= 0.3 is 0 Å². The quantitative estimate of drug-likeness (QED) is 0.887. The van der Waals surface area contributed by atoms with Crippen LogP contribution in [-0.2, 0) is 4.74 Å². The van der Waals surface area contributed by atoms with Gasteiger partial charge in [0.15, 0.2) is 0 Å². The van der Waals surface area contributed by atoms with Crippen molar-refractivity contribution in [1.82, 2.24) is 19.9 Å². The van der Waals surface area contributed by atoms with E-state index in [0.717, 1.165) is 30.4 Å². The highest BCUT2D eigenvalue weighted by Gasteiger charge is 2.27. The molecule has 1 aliphatic rings. The fourth-order valence-corrected chi connectivity index (χ4v) is 2.63. The fourth-order valence-electron chi connectivity index (χ4n) is 2.63. The van der Waals surface area contributed by atoms with Crippen molar-refractivity contribution in [2.75, 3.05) is 12.3 Å². The standard InChI is InChI=1S/C14H21N5O/c1-9(2)16-7-10-3-4-12(20-10)19-6-5-11-13(15)17-8-18-14(11)19/h5-6,8-10,12,16H,3-4,7H2,1-2H3,(H2,15,17,18). The topological polar surface area (TPSA) is 78.0 Å². The molecule has 2 atom stereocenters. The van der Waals surface area contributed by atoms with Crippen molar-refractivity contribution < 1.29 is 4.74 Å². The van der Waals surface area contributed by atoms with E-state index in [1.165, 1.54) is 6.33 Å². The van der Waals surface area contributed by atoms with E-state index in [4.69, 9.17) is 10.5 Å². The molecule has 2 unspecified atom stereocenters. The van der Waals surface area contributed by atoms with Gasteiger partial charge in [0.2, 0.25) is 0 Å². The molecule has 0 aliphatic carbocycles. The van der Waals surface area contributed by atoms with Gasteiger partial charge in [-0.1, -0.05) is 13.8 Å². The van der Waals surface area contributed by atoms with E-state index in [1.54, 1.807) is 0 Å². The first kappa shape index (κ1) is 13.3. The van der Waals surface area contributed by atoms with Gasteiger partial charge in [-0.3, -0.25) is 0 Å². The van der Waals surface area contributed by atoms with Crippen molar-refractivity contribution in [3.05, 3.63) is 18.6 Å². The molecular formula is C14H21N5O. The van der Waals surface area contributed by atoms with Crippen molar-refractivity contribution in [2.45, 2.75) is 45.1 Å². The minimum Gasteiger partial charge on any atom is -0.383 e. The Bertz CT molecular complexity index is 594. The second-order valence-electron chi connectivity index (χ2n) is 5.57. The van der Waals surface area contributed by atoms with Crippen molar-refractivity contribution >= 4 is 16.9 Å². The first-order valence-corrected chi connectivity index (χ1v) is 7.11. The Labute approximate surface area is 118 Å². The second kappa shape index (κ2) is 5.38. The Morgan fingerprint density at radius 2 is 2.30 bits per heavy atom. The lowest BCUT2D eigenvalue weighted by Gasteiger charge is -2.17. The molecular weight excluding hydrogens is 254 g/mol. The van der Waals surface area contributed by atoms with Gasteiger partial charge in [-0.25, -0.2) is 9.97 Å². The summed E-state index contributed by atoms with van der Waals surface area (Å²) in [6, 6.07) is 2.44. The van der Waals surface area contributed by atoms with Crippen LogP contribution in [-0.4, -0.2) is 33.2 Å². The lowest BCUT2D eigenvalue weighted by atomic mass is 10.2. The number of anilines is 1. The lowest BCUT2D eigenvalue weighted by molar-refractivity contribution is 0.00454. The Balaban J connectivity index is 1.75. The van der Waals surface area contributed by atoms with Crippen LogP contribution in [0.15, 0.2) is 18.6 Å². The third kappa shape index (κ3) is 2.48. The Morgan fingerprint density at radius 1 is 1.45 bits per heavy atom. The van der Waals surface area contributed by atoms with Gasteiger partial charge < -0.3 is 20.4 Å². The van der Waals surface area contributed by atoms with E-state index in [9.17, 15) is 0 Å². The van der Waals surface area contributed by atoms with Crippen LogP contribution in [0.5, 0.6) is 0 Å². The molecule has 3 rings (SSSR count). The van der Waals surface area contributed by atoms with Gasteiger partial charge in [0.25, 0.3) is 0 Å². The predicted octanol–water partition coefficient (Wildman–Crippen LogP) is 1.69. The Kier molecular flexibility index (Phi) is 3.58. The number of hydrogen-bond donors (Lipinski definition) is 2. The van der Waals surface area contributed by atoms with Gasteiger partial charge in [0.05, 0.1) is 11.5 Å². The normalized spacial score (nSPS) is 22.9. The third-order valence-electron chi connectivity index (χ3n) is 3.69. The van der Waals surface area contributed by atoms with E-state index < -0.39 is 0 Å². The summed E-state index contributed by atoms with van der Waals surface area (Å²) in [4.78, 5) is 8.34. The zero-order valence-corrected chi connectivity index (χ0v) is 11.9. The summed E-state index contributed by atoms with van der Waals surface area (Å²) >= 11 is 0. The number of fused-ring (bicyclic) bond motifs is 1. The molecule has 1 aliphatic heterocycles. The number of nitrogens with two attached hydrogens (primary N) is 1. The molecule has 3 heterocycles. The van der Waals surface area contributed by atoms with Crippen LogP contribution < -0.4 is 11.1 Å². The molecule has 1 fully saturated rings. The van der Waals surface area contributed by atoms with Crippen LogP contribution in [0.25, 0.3) is 11.0 Å². The van der Waals surface area contributed by atoms with Crippen molar-refractivity contribution in [3.8, 4) is 0 Å². The summed E-state index contributed by atoms with van der Waals surface area (Å²) in [6.45, 7) is 5.18. The molecule has 108 valence electrons. The summed E-state index contributed by atoms with van der Waals surface area (Å²) in [5, 5.41) is 4.31. The molecule has 0 amide bonds. The first-order valence-electron chi connectivity index (χ1n) is 7.11. The van der Waals surface area contributed by atoms with Crippen LogP contribution in [0.3, 0.4) is 0 Å². The van der Waals surface area contributed by atoms with Gasteiger partial charge in [0, 0.05) is 18.8 Å². The number of nitrogen functional groups attached to an aromatic ring is 1. The predicted molar refractivity (Wildman–Crippen MR) is 78.2 cm³/mol. The summed E-state index contributed by atoms with van der Waals surface area (Å²) in [5.41, 5.74) is 6.71. The van der Waals surface area contributed by atoms with Crippen molar-refractivity contribution in [1.29, 1.82) is 0 Å². The molecule has 0 saturated carbocycles. The minimum atomic E-state index is 0.0424. The molecule has 0 spiro atoms.